The predicted molar refractivity (Wildman–Crippen MR) is 44.2 cm³/mol. The van der Waals surface area contributed by atoms with Crippen molar-refractivity contribution in [1.82, 2.24) is 0 Å². The Morgan fingerprint density at radius 1 is 0.933 bits per heavy atom. The first-order chi connectivity index (χ1) is 5.78. The molecule has 0 aliphatic heterocycles. The van der Waals surface area contributed by atoms with Gasteiger partial charge in [0, 0.05) is 17.1 Å². The maximum atomic E-state index is 10.3. The molecular formula is C6H9FeKO7. The van der Waals surface area contributed by atoms with E-state index in [1.165, 1.54) is 0 Å². The van der Waals surface area contributed by atoms with Crippen molar-refractivity contribution in [2.75, 3.05) is 0 Å². The molecule has 0 aliphatic rings. The fraction of sp³-hybridized carbons (Fsp3) is 0.500. The molecule has 0 amide bonds. The molecule has 0 saturated carbocycles. The quantitative estimate of drug-likeness (QED) is 0.434. The van der Waals surface area contributed by atoms with Crippen LogP contribution in [0.25, 0.3) is 0 Å². The summed E-state index contributed by atoms with van der Waals surface area (Å²) in [5.74, 6) is -5.02. The summed E-state index contributed by atoms with van der Waals surface area (Å²) in [7, 11) is 0. The first-order valence-corrected chi connectivity index (χ1v) is 3.17. The topological polar surface area (TPSA) is 132 Å². The normalized spacial score (nSPS) is 9.40. The summed E-state index contributed by atoms with van der Waals surface area (Å²) < 4.78 is 0. The summed E-state index contributed by atoms with van der Waals surface area (Å²) in [6, 6.07) is 0. The van der Waals surface area contributed by atoms with E-state index in [1.54, 1.807) is 0 Å². The molecule has 84 valence electrons. The Hall–Kier alpha value is 0.526. The van der Waals surface area contributed by atoms with Crippen LogP contribution in [-0.4, -0.2) is 95.3 Å². The van der Waals surface area contributed by atoms with Gasteiger partial charge in [-0.2, -0.15) is 0 Å². The molecule has 0 saturated heterocycles. The first-order valence-electron chi connectivity index (χ1n) is 3.17. The molecule has 0 aliphatic carbocycles. The number of rotatable bonds is 5. The molecule has 0 unspecified atom stereocenters. The molecule has 0 bridgehead atoms. The van der Waals surface area contributed by atoms with E-state index >= 15 is 0 Å². The minimum absolute atomic E-state index is 0. The van der Waals surface area contributed by atoms with Gasteiger partial charge >= 0.3 is 69.3 Å². The molecule has 0 heterocycles. The van der Waals surface area contributed by atoms with Gasteiger partial charge < -0.3 is 20.4 Å². The van der Waals surface area contributed by atoms with Gasteiger partial charge in [0.2, 0.25) is 0 Å². The van der Waals surface area contributed by atoms with Crippen LogP contribution in [-0.2, 0) is 31.5 Å². The van der Waals surface area contributed by atoms with Crippen LogP contribution in [0, 0.1) is 0 Å². The summed E-state index contributed by atoms with van der Waals surface area (Å²) in [4.78, 5) is 30.5. The van der Waals surface area contributed by atoms with Gasteiger partial charge in [0.1, 0.15) is 0 Å². The molecule has 0 aromatic rings. The fourth-order valence-corrected chi connectivity index (χ4v) is 0.714. The van der Waals surface area contributed by atoms with Gasteiger partial charge in [-0.05, 0) is 0 Å². The molecule has 0 aromatic heterocycles. The minimum atomic E-state index is -2.74. The molecule has 7 nitrogen and oxygen atoms in total. The van der Waals surface area contributed by atoms with E-state index in [1.807, 2.05) is 0 Å². The molecule has 0 aromatic carbocycles. The molecule has 4 N–H and O–H groups in total. The van der Waals surface area contributed by atoms with Crippen molar-refractivity contribution < 1.29 is 51.9 Å². The Kier molecular flexibility index (Phi) is 12.0. The number of hydrogen-bond donors (Lipinski definition) is 4. The van der Waals surface area contributed by atoms with E-state index < -0.39 is 36.4 Å². The zero-order valence-electron chi connectivity index (χ0n) is 6.78. The van der Waals surface area contributed by atoms with Gasteiger partial charge in [-0.15, -0.1) is 0 Å². The van der Waals surface area contributed by atoms with Crippen LogP contribution in [0.15, 0.2) is 0 Å². The van der Waals surface area contributed by atoms with Crippen molar-refractivity contribution >= 4 is 69.3 Å². The Morgan fingerprint density at radius 3 is 1.33 bits per heavy atom. The van der Waals surface area contributed by atoms with E-state index in [0.29, 0.717) is 0 Å². The molecule has 9 heteroatoms. The summed E-state index contributed by atoms with van der Waals surface area (Å²) in [6.45, 7) is 0. The number of aliphatic hydroxyl groups is 1. The molecular weight excluding hydrogens is 279 g/mol. The summed E-state index contributed by atoms with van der Waals surface area (Å²) in [5, 5.41) is 33.8. The van der Waals surface area contributed by atoms with Crippen molar-refractivity contribution in [3.8, 4) is 0 Å². The monoisotopic (exact) mass is 288 g/mol. The van der Waals surface area contributed by atoms with E-state index in [-0.39, 0.29) is 68.5 Å². The zero-order chi connectivity index (χ0) is 10.6. The van der Waals surface area contributed by atoms with E-state index in [0.717, 1.165) is 0 Å². The van der Waals surface area contributed by atoms with Crippen molar-refractivity contribution in [2.45, 2.75) is 18.4 Å². The van der Waals surface area contributed by atoms with Gasteiger partial charge in [-0.1, -0.05) is 0 Å². The van der Waals surface area contributed by atoms with Crippen LogP contribution in [0.3, 0.4) is 0 Å². The van der Waals surface area contributed by atoms with Crippen LogP contribution >= 0.6 is 0 Å². The third-order valence-corrected chi connectivity index (χ3v) is 1.29. The van der Waals surface area contributed by atoms with E-state index in [9.17, 15) is 14.4 Å². The molecule has 0 fully saturated rings. The second-order valence-corrected chi connectivity index (χ2v) is 2.48. The fourth-order valence-electron chi connectivity index (χ4n) is 0.714. The van der Waals surface area contributed by atoms with Crippen LogP contribution in [0.1, 0.15) is 12.8 Å². The van der Waals surface area contributed by atoms with Gasteiger partial charge in [0.05, 0.1) is 12.8 Å². The van der Waals surface area contributed by atoms with Crippen LogP contribution < -0.4 is 0 Å². The van der Waals surface area contributed by atoms with Crippen LogP contribution in [0.5, 0.6) is 0 Å². The molecule has 15 heavy (non-hydrogen) atoms. The Morgan fingerprint density at radius 2 is 1.20 bits per heavy atom. The Labute approximate surface area is 138 Å². The maximum absolute atomic E-state index is 10.3. The van der Waals surface area contributed by atoms with Gasteiger partial charge in [-0.25, -0.2) is 4.79 Å². The SMILES string of the molecule is O=C(O)CC(O)(CC(=O)O)C(=O)O.[Fe].[KH]. The van der Waals surface area contributed by atoms with Crippen molar-refractivity contribution in [1.29, 1.82) is 0 Å². The first kappa shape index (κ1) is 20.9. The van der Waals surface area contributed by atoms with Crippen LogP contribution in [0.2, 0.25) is 0 Å². The van der Waals surface area contributed by atoms with Crippen molar-refractivity contribution in [3.05, 3.63) is 0 Å². The van der Waals surface area contributed by atoms with Gasteiger partial charge in [0.25, 0.3) is 0 Å². The van der Waals surface area contributed by atoms with E-state index in [4.69, 9.17) is 20.4 Å². The van der Waals surface area contributed by atoms with Crippen LogP contribution in [0.4, 0.5) is 0 Å². The number of carboxylic acid groups (broad SMARTS) is 3. The second-order valence-electron chi connectivity index (χ2n) is 2.48. The molecule has 0 rings (SSSR count). The second kappa shape index (κ2) is 8.65. The predicted octanol–water partition coefficient (Wildman–Crippen LogP) is -1.90. The number of aliphatic carboxylic acids is 3. The van der Waals surface area contributed by atoms with Gasteiger partial charge in [-0.3, -0.25) is 9.59 Å². The number of hydrogen-bond acceptors (Lipinski definition) is 4. The zero-order valence-corrected chi connectivity index (χ0v) is 7.89. The van der Waals surface area contributed by atoms with Gasteiger partial charge in [0.15, 0.2) is 5.60 Å². The molecule has 0 atom stereocenters. The summed E-state index contributed by atoms with van der Waals surface area (Å²) in [6.07, 6.45) is -2.29. The molecule has 0 spiro atoms. The van der Waals surface area contributed by atoms with E-state index in [2.05, 4.69) is 0 Å². The summed E-state index contributed by atoms with van der Waals surface area (Å²) >= 11 is 0. The number of carbonyl (C=O) groups is 3. The Balaban J connectivity index is -0.000000720. The van der Waals surface area contributed by atoms with Crippen molar-refractivity contribution in [2.24, 2.45) is 0 Å². The molecule has 0 radical (unpaired) electrons. The van der Waals surface area contributed by atoms with Crippen molar-refractivity contribution in [3.63, 3.8) is 0 Å². The standard InChI is InChI=1S/C6H8O7.Fe.K.H/c7-3(8)1-6(13,5(11)12)2-4(9)10;;;/h13H,1-2H2,(H,7,8)(H,9,10)(H,11,12);;;. The summed E-state index contributed by atoms with van der Waals surface area (Å²) in [5.41, 5.74) is -2.74. The number of carboxylic acids is 3. The third-order valence-electron chi connectivity index (χ3n) is 1.29. The third kappa shape index (κ3) is 8.35. The Bertz CT molecular complexity index is 238. The average molecular weight is 288 g/mol. The average Bonchev–Trinajstić information content (AvgIpc) is 1.82.